The molecule has 5 heteroatoms. The molecule has 0 aliphatic rings. The summed E-state index contributed by atoms with van der Waals surface area (Å²) in [6.45, 7) is 3.78. The van der Waals surface area contributed by atoms with Crippen molar-refractivity contribution in [2.24, 2.45) is 0 Å². The smallest absolute Gasteiger partial charge is 0.204 e. The number of nitrogens with zero attached hydrogens (tertiary/aromatic N) is 1. The van der Waals surface area contributed by atoms with Crippen molar-refractivity contribution in [3.8, 4) is 0 Å². The van der Waals surface area contributed by atoms with Crippen LogP contribution in [0, 0.1) is 6.92 Å². The SMILES string of the molecule is Cc1ccccc1C(=O)c1cnc(Nc2cccc(C(C)C=O)c2)s1. The zero-order valence-corrected chi connectivity index (χ0v) is 14.8. The van der Waals surface area contributed by atoms with Crippen LogP contribution in [0.4, 0.5) is 10.8 Å². The molecule has 3 rings (SSSR count). The first kappa shape index (κ1) is 17.0. The van der Waals surface area contributed by atoms with E-state index in [1.54, 1.807) is 6.20 Å². The Balaban J connectivity index is 1.79. The predicted molar refractivity (Wildman–Crippen MR) is 101 cm³/mol. The summed E-state index contributed by atoms with van der Waals surface area (Å²) in [5.74, 6) is -0.178. The third-order valence-electron chi connectivity index (χ3n) is 3.99. The number of carbonyl (C=O) groups excluding carboxylic acids is 2. The number of aldehydes is 1. The van der Waals surface area contributed by atoms with E-state index in [-0.39, 0.29) is 11.7 Å². The van der Waals surface area contributed by atoms with Crippen LogP contribution in [0.2, 0.25) is 0 Å². The van der Waals surface area contributed by atoms with Crippen LogP contribution in [-0.4, -0.2) is 17.1 Å². The maximum absolute atomic E-state index is 12.6. The molecule has 1 aromatic heterocycles. The van der Waals surface area contributed by atoms with Gasteiger partial charge in [-0.3, -0.25) is 4.79 Å². The van der Waals surface area contributed by atoms with Gasteiger partial charge in [0.05, 0.1) is 11.1 Å². The summed E-state index contributed by atoms with van der Waals surface area (Å²) >= 11 is 1.32. The van der Waals surface area contributed by atoms with E-state index in [2.05, 4.69) is 10.3 Å². The number of carbonyl (C=O) groups is 2. The fourth-order valence-electron chi connectivity index (χ4n) is 2.50. The van der Waals surface area contributed by atoms with E-state index in [9.17, 15) is 9.59 Å². The highest BCUT2D eigenvalue weighted by molar-refractivity contribution is 7.17. The Morgan fingerprint density at radius 1 is 1.20 bits per heavy atom. The molecule has 25 heavy (non-hydrogen) atoms. The molecule has 0 aliphatic heterocycles. The molecule has 4 nitrogen and oxygen atoms in total. The molecule has 1 atom stereocenters. The minimum Gasteiger partial charge on any atom is -0.332 e. The van der Waals surface area contributed by atoms with Gasteiger partial charge in [0.2, 0.25) is 5.78 Å². The lowest BCUT2D eigenvalue weighted by Crippen LogP contribution is -2.00. The molecule has 3 aromatic rings. The van der Waals surface area contributed by atoms with Crippen molar-refractivity contribution in [3.05, 3.63) is 76.3 Å². The Kier molecular flexibility index (Phi) is 5.05. The summed E-state index contributed by atoms with van der Waals surface area (Å²) < 4.78 is 0. The molecule has 0 amide bonds. The van der Waals surface area contributed by atoms with Gasteiger partial charge >= 0.3 is 0 Å². The Labute approximate surface area is 150 Å². The van der Waals surface area contributed by atoms with E-state index in [1.165, 1.54) is 11.3 Å². The normalized spacial score (nSPS) is 11.8. The molecule has 0 saturated heterocycles. The van der Waals surface area contributed by atoms with E-state index in [0.717, 1.165) is 23.1 Å². The molecular weight excluding hydrogens is 332 g/mol. The molecule has 0 aliphatic carbocycles. The van der Waals surface area contributed by atoms with Crippen LogP contribution < -0.4 is 5.32 Å². The topological polar surface area (TPSA) is 59.1 Å². The zero-order valence-electron chi connectivity index (χ0n) is 14.0. The Morgan fingerprint density at radius 3 is 2.76 bits per heavy atom. The highest BCUT2D eigenvalue weighted by Gasteiger charge is 2.15. The fourth-order valence-corrected chi connectivity index (χ4v) is 3.29. The molecular formula is C20H18N2O2S. The van der Waals surface area contributed by atoms with Crippen molar-refractivity contribution in [2.75, 3.05) is 5.32 Å². The van der Waals surface area contributed by atoms with Crippen LogP contribution >= 0.6 is 11.3 Å². The number of nitrogens with one attached hydrogen (secondary N) is 1. The lowest BCUT2D eigenvalue weighted by molar-refractivity contribution is -0.108. The van der Waals surface area contributed by atoms with Gasteiger partial charge in [0.1, 0.15) is 6.29 Å². The van der Waals surface area contributed by atoms with Gasteiger partial charge in [-0.2, -0.15) is 0 Å². The summed E-state index contributed by atoms with van der Waals surface area (Å²) in [6.07, 6.45) is 2.52. The Hall–Kier alpha value is -2.79. The van der Waals surface area contributed by atoms with Gasteiger partial charge in [-0.25, -0.2) is 4.98 Å². The van der Waals surface area contributed by atoms with E-state index < -0.39 is 0 Å². The van der Waals surface area contributed by atoms with E-state index >= 15 is 0 Å². The predicted octanol–water partition coefficient (Wildman–Crippen LogP) is 4.73. The fraction of sp³-hybridized carbons (Fsp3) is 0.150. The monoisotopic (exact) mass is 350 g/mol. The van der Waals surface area contributed by atoms with Gasteiger partial charge in [0.15, 0.2) is 5.13 Å². The number of benzene rings is 2. The van der Waals surface area contributed by atoms with Crippen LogP contribution in [-0.2, 0) is 4.79 Å². The first-order chi connectivity index (χ1) is 12.1. The number of thiazole rings is 1. The molecule has 1 heterocycles. The highest BCUT2D eigenvalue weighted by atomic mass is 32.1. The van der Waals surface area contributed by atoms with Gasteiger partial charge < -0.3 is 10.1 Å². The van der Waals surface area contributed by atoms with E-state index in [4.69, 9.17) is 0 Å². The van der Waals surface area contributed by atoms with Crippen LogP contribution in [0.5, 0.6) is 0 Å². The molecule has 2 aromatic carbocycles. The standard InChI is InChI=1S/C20H18N2O2S/c1-13-6-3-4-9-17(13)19(24)18-11-21-20(25-18)22-16-8-5-7-15(10-16)14(2)12-23/h3-12,14H,1-2H3,(H,21,22). The molecule has 1 N–H and O–H groups in total. The van der Waals surface area contributed by atoms with Crippen LogP contribution in [0.15, 0.2) is 54.7 Å². The number of anilines is 2. The number of ketones is 1. The number of aryl methyl sites for hydroxylation is 1. The summed E-state index contributed by atoms with van der Waals surface area (Å²) in [4.78, 5) is 28.5. The number of hydrogen-bond acceptors (Lipinski definition) is 5. The minimum absolute atomic E-state index is 0.0213. The van der Waals surface area contributed by atoms with Crippen LogP contribution in [0.1, 0.15) is 39.2 Å². The second-order valence-electron chi connectivity index (χ2n) is 5.85. The first-order valence-corrected chi connectivity index (χ1v) is 8.78. The molecule has 0 fully saturated rings. The second-order valence-corrected chi connectivity index (χ2v) is 6.88. The Bertz CT molecular complexity index is 917. The van der Waals surface area contributed by atoms with Crippen molar-refractivity contribution in [1.29, 1.82) is 0 Å². The van der Waals surface area contributed by atoms with Crippen LogP contribution in [0.3, 0.4) is 0 Å². The number of hydrogen-bond donors (Lipinski definition) is 1. The number of aromatic nitrogens is 1. The van der Waals surface area contributed by atoms with Crippen molar-refractivity contribution in [2.45, 2.75) is 19.8 Å². The average Bonchev–Trinajstić information content (AvgIpc) is 3.09. The second kappa shape index (κ2) is 7.40. The third kappa shape index (κ3) is 3.83. The third-order valence-corrected chi connectivity index (χ3v) is 4.90. The number of rotatable bonds is 6. The summed E-state index contributed by atoms with van der Waals surface area (Å²) in [6, 6.07) is 15.2. The lowest BCUT2D eigenvalue weighted by Gasteiger charge is -2.07. The highest BCUT2D eigenvalue weighted by Crippen LogP contribution is 2.26. The minimum atomic E-state index is -0.156. The Morgan fingerprint density at radius 2 is 2.00 bits per heavy atom. The van der Waals surface area contributed by atoms with E-state index in [1.807, 2.05) is 62.4 Å². The maximum Gasteiger partial charge on any atom is 0.204 e. The molecule has 126 valence electrons. The maximum atomic E-state index is 12.6. The molecule has 0 spiro atoms. The van der Waals surface area contributed by atoms with Gasteiger partial charge in [-0.1, -0.05) is 54.7 Å². The molecule has 0 bridgehead atoms. The van der Waals surface area contributed by atoms with Gasteiger partial charge in [-0.05, 0) is 30.2 Å². The van der Waals surface area contributed by atoms with Gasteiger partial charge in [0, 0.05) is 17.2 Å². The average molecular weight is 350 g/mol. The largest absolute Gasteiger partial charge is 0.332 e. The molecule has 0 radical (unpaired) electrons. The van der Waals surface area contributed by atoms with Crippen molar-refractivity contribution in [3.63, 3.8) is 0 Å². The lowest BCUT2D eigenvalue weighted by atomic mass is 10.0. The molecule has 0 saturated carbocycles. The van der Waals surface area contributed by atoms with Crippen molar-refractivity contribution < 1.29 is 9.59 Å². The zero-order chi connectivity index (χ0) is 17.8. The quantitative estimate of drug-likeness (QED) is 0.516. The molecule has 1 unspecified atom stereocenters. The van der Waals surface area contributed by atoms with E-state index in [0.29, 0.717) is 15.6 Å². The summed E-state index contributed by atoms with van der Waals surface area (Å²) in [7, 11) is 0. The van der Waals surface area contributed by atoms with Gasteiger partial charge in [-0.15, -0.1) is 0 Å². The first-order valence-electron chi connectivity index (χ1n) is 7.97. The van der Waals surface area contributed by atoms with Gasteiger partial charge in [0.25, 0.3) is 0 Å². The summed E-state index contributed by atoms with van der Waals surface area (Å²) in [5.41, 5.74) is 3.42. The van der Waals surface area contributed by atoms with Crippen molar-refractivity contribution in [1.82, 2.24) is 4.98 Å². The van der Waals surface area contributed by atoms with Crippen LogP contribution in [0.25, 0.3) is 0 Å². The summed E-state index contributed by atoms with van der Waals surface area (Å²) in [5, 5.41) is 3.85. The van der Waals surface area contributed by atoms with Crippen molar-refractivity contribution >= 4 is 34.2 Å².